The number of carbonyl (C=O) groups is 3. The summed E-state index contributed by atoms with van der Waals surface area (Å²) in [4.78, 5) is 37.5. The number of fused-ring (bicyclic) bond motifs is 1. The Bertz CT molecular complexity index is 1230. The fraction of sp³-hybridized carbons (Fsp3) is 0.667. The number of halogens is 1. The minimum Gasteiger partial charge on any atom is -0.507 e. The van der Waals surface area contributed by atoms with Gasteiger partial charge in [-0.15, -0.1) is 11.6 Å². The third kappa shape index (κ3) is 3.20. The molecule has 1 aromatic rings. The molecule has 0 radical (unpaired) electrons. The van der Waals surface area contributed by atoms with Gasteiger partial charge in [0, 0.05) is 29.7 Å². The molecule has 2 aliphatic carbocycles. The van der Waals surface area contributed by atoms with Crippen LogP contribution in [0.5, 0.6) is 11.5 Å². The van der Waals surface area contributed by atoms with Crippen LogP contribution in [0.4, 0.5) is 0 Å². The fourth-order valence-electron chi connectivity index (χ4n) is 7.93. The number of methoxy groups -OCH3 is 2. The van der Waals surface area contributed by atoms with Crippen molar-refractivity contribution >= 4 is 29.8 Å². The highest BCUT2D eigenvalue weighted by atomic mass is 35.5. The number of hydrogen-bond acceptors (Lipinski definition) is 9. The molecule has 2 N–H and O–H groups in total. The zero-order valence-electron chi connectivity index (χ0n) is 22.3. The average Bonchev–Trinajstić information content (AvgIpc) is 3.50. The van der Waals surface area contributed by atoms with Crippen LogP contribution in [-0.2, 0) is 30.3 Å². The molecule has 10 nitrogen and oxygen atoms in total. The molecule has 5 rings (SSSR count). The van der Waals surface area contributed by atoms with E-state index in [2.05, 4.69) is 0 Å². The van der Waals surface area contributed by atoms with E-state index >= 15 is 0 Å². The summed E-state index contributed by atoms with van der Waals surface area (Å²) in [5.74, 6) is -3.23. The summed E-state index contributed by atoms with van der Waals surface area (Å²) >= 11 is 6.73. The molecule has 3 fully saturated rings. The smallest absolute Gasteiger partial charge is 0.345 e. The second-order valence-corrected chi connectivity index (χ2v) is 12.2. The van der Waals surface area contributed by atoms with Gasteiger partial charge in [-0.2, -0.15) is 0 Å². The Labute approximate surface area is 225 Å². The fourth-order valence-corrected chi connectivity index (χ4v) is 8.20. The Kier molecular flexibility index (Phi) is 6.11. The second kappa shape index (κ2) is 8.55. The van der Waals surface area contributed by atoms with E-state index < -0.39 is 51.9 Å². The number of carboxylic acids is 1. The number of aromatic hydroxyl groups is 1. The molecule has 2 aliphatic heterocycles. The van der Waals surface area contributed by atoms with Crippen LogP contribution in [0.2, 0.25) is 0 Å². The van der Waals surface area contributed by atoms with Gasteiger partial charge < -0.3 is 33.9 Å². The maximum atomic E-state index is 12.9. The number of carboxylic acid groups (broad SMARTS) is 1. The number of carbonyl (C=O) groups excluding carboxylic acids is 2. The first kappa shape index (κ1) is 27.2. The largest absolute Gasteiger partial charge is 0.507 e. The lowest BCUT2D eigenvalue weighted by Gasteiger charge is -2.59. The number of aldehydes is 1. The van der Waals surface area contributed by atoms with E-state index in [0.29, 0.717) is 19.1 Å². The second-order valence-electron chi connectivity index (χ2n) is 11.7. The molecular weight excluding hydrogens is 520 g/mol. The van der Waals surface area contributed by atoms with Gasteiger partial charge in [-0.25, -0.2) is 4.79 Å². The van der Waals surface area contributed by atoms with Crippen molar-refractivity contribution in [3.05, 3.63) is 22.3 Å². The number of ether oxygens (including phenoxy) is 5. The first-order valence-electron chi connectivity index (χ1n) is 12.6. The summed E-state index contributed by atoms with van der Waals surface area (Å²) in [5.41, 5.74) is -3.27. The number of phenols is 1. The van der Waals surface area contributed by atoms with Gasteiger partial charge in [0.15, 0.2) is 6.29 Å². The number of aliphatic carboxylic acids is 1. The molecule has 2 heterocycles. The molecule has 11 heteroatoms. The molecular formula is C27H33ClO10. The van der Waals surface area contributed by atoms with Crippen LogP contribution in [0.1, 0.15) is 85.1 Å². The van der Waals surface area contributed by atoms with Gasteiger partial charge in [0.05, 0.1) is 48.0 Å². The number of alkyl halides is 1. The van der Waals surface area contributed by atoms with E-state index in [9.17, 15) is 24.6 Å². The summed E-state index contributed by atoms with van der Waals surface area (Å²) in [7, 11) is 2.62. The van der Waals surface area contributed by atoms with Gasteiger partial charge in [-0.05, 0) is 19.8 Å². The normalized spacial score (nSPS) is 38.4. The molecule has 0 unspecified atom stereocenters. The molecule has 7 atom stereocenters. The zero-order chi connectivity index (χ0) is 28.0. The Hall–Kier alpha value is -2.40. The quantitative estimate of drug-likeness (QED) is 0.221. The summed E-state index contributed by atoms with van der Waals surface area (Å²) in [5, 5.41) is 21.5. The highest BCUT2D eigenvalue weighted by molar-refractivity contribution is 6.21. The molecule has 1 saturated heterocycles. The van der Waals surface area contributed by atoms with Crippen molar-refractivity contribution < 1.29 is 48.3 Å². The van der Waals surface area contributed by atoms with Crippen molar-refractivity contribution in [3.63, 3.8) is 0 Å². The van der Waals surface area contributed by atoms with Gasteiger partial charge in [0.1, 0.15) is 22.7 Å². The lowest BCUT2D eigenvalue weighted by atomic mass is 9.45. The van der Waals surface area contributed by atoms with Crippen molar-refractivity contribution in [1.82, 2.24) is 0 Å². The van der Waals surface area contributed by atoms with Crippen molar-refractivity contribution in [1.29, 1.82) is 0 Å². The third-order valence-electron chi connectivity index (χ3n) is 9.65. The lowest BCUT2D eigenvalue weighted by Crippen LogP contribution is -2.68. The molecule has 1 aromatic carbocycles. The van der Waals surface area contributed by atoms with Gasteiger partial charge in [0.2, 0.25) is 6.29 Å². The minimum absolute atomic E-state index is 0.0223. The number of cyclic esters (lactones) is 1. The Balaban J connectivity index is 1.56. The number of epoxide rings is 1. The standard InChI is InChI=1S/C27H33ClO10/c1-24(2)14(28)7-8-25(3)20(21(31)32)26(4,9-15-27(24,25)38-15)36-11-13-18(30)12(10-29)16-17(19(13)34-5)22(33)37-23(16)35-6/h10,14-15,20,23,30H,7-9,11H2,1-6H3,(H,31,32)/t14-,15-,20+,23-,25+,26+,27+/m0/s1. The number of phenolic OH excluding ortho intramolecular Hbond substituents is 1. The number of rotatable bonds is 7. The van der Waals surface area contributed by atoms with Crippen LogP contribution in [0.3, 0.4) is 0 Å². The Morgan fingerprint density at radius 3 is 2.50 bits per heavy atom. The van der Waals surface area contributed by atoms with Gasteiger partial charge in [0.25, 0.3) is 0 Å². The highest BCUT2D eigenvalue weighted by Crippen LogP contribution is 2.75. The summed E-state index contributed by atoms with van der Waals surface area (Å²) in [6, 6.07) is 0. The van der Waals surface area contributed by atoms with E-state index in [1.54, 1.807) is 6.92 Å². The molecule has 0 amide bonds. The maximum absolute atomic E-state index is 12.9. The van der Waals surface area contributed by atoms with E-state index in [1.165, 1.54) is 14.2 Å². The molecule has 2 saturated carbocycles. The first-order valence-corrected chi connectivity index (χ1v) is 13.0. The molecule has 1 spiro atoms. The first-order chi connectivity index (χ1) is 17.8. The van der Waals surface area contributed by atoms with E-state index in [1.807, 2.05) is 20.8 Å². The van der Waals surface area contributed by atoms with Crippen molar-refractivity contribution in [2.45, 2.75) is 82.5 Å². The van der Waals surface area contributed by atoms with Crippen LogP contribution in [0, 0.1) is 16.7 Å². The summed E-state index contributed by atoms with van der Waals surface area (Å²) in [6.45, 7) is 7.41. The van der Waals surface area contributed by atoms with E-state index in [0.717, 1.165) is 0 Å². The highest BCUT2D eigenvalue weighted by Gasteiger charge is 2.83. The van der Waals surface area contributed by atoms with Crippen LogP contribution in [0.15, 0.2) is 0 Å². The molecule has 38 heavy (non-hydrogen) atoms. The number of esters is 1. The predicted molar refractivity (Wildman–Crippen MR) is 133 cm³/mol. The lowest BCUT2D eigenvalue weighted by molar-refractivity contribution is -0.198. The van der Waals surface area contributed by atoms with Crippen LogP contribution >= 0.6 is 11.6 Å². The Morgan fingerprint density at radius 1 is 1.24 bits per heavy atom. The number of hydrogen-bond donors (Lipinski definition) is 2. The van der Waals surface area contributed by atoms with Gasteiger partial charge in [-0.3, -0.25) is 9.59 Å². The zero-order valence-corrected chi connectivity index (χ0v) is 23.0. The predicted octanol–water partition coefficient (Wildman–Crippen LogP) is 3.98. The molecule has 0 aromatic heterocycles. The van der Waals surface area contributed by atoms with Crippen LogP contribution in [-0.4, -0.2) is 65.3 Å². The summed E-state index contributed by atoms with van der Waals surface area (Å²) in [6.07, 6.45) is 0.434. The van der Waals surface area contributed by atoms with Gasteiger partial charge in [-0.1, -0.05) is 20.8 Å². The van der Waals surface area contributed by atoms with Crippen molar-refractivity contribution in [2.24, 2.45) is 16.7 Å². The molecule has 4 aliphatic rings. The molecule has 208 valence electrons. The number of benzene rings is 1. The SMILES string of the molecule is COc1c(CO[C@]2(C)C[C@@H]3O[C@@]34C(C)(C)[C@@H](Cl)CC[C@]4(C)[C@H]2C(=O)O)c(O)c(C=O)c2c1C(=O)O[C@@H]2OC. The van der Waals surface area contributed by atoms with Crippen LogP contribution < -0.4 is 4.74 Å². The van der Waals surface area contributed by atoms with E-state index in [4.69, 9.17) is 35.3 Å². The molecule has 0 bridgehead atoms. The topological polar surface area (TPSA) is 141 Å². The van der Waals surface area contributed by atoms with Gasteiger partial charge >= 0.3 is 11.9 Å². The van der Waals surface area contributed by atoms with Crippen molar-refractivity contribution in [3.8, 4) is 11.5 Å². The average molecular weight is 553 g/mol. The maximum Gasteiger partial charge on any atom is 0.345 e. The third-order valence-corrected chi connectivity index (χ3v) is 10.4. The van der Waals surface area contributed by atoms with Crippen LogP contribution in [0.25, 0.3) is 0 Å². The Morgan fingerprint density at radius 2 is 1.92 bits per heavy atom. The summed E-state index contributed by atoms with van der Waals surface area (Å²) < 4.78 is 28.6. The minimum atomic E-state index is -1.21. The monoisotopic (exact) mass is 552 g/mol. The van der Waals surface area contributed by atoms with Crippen molar-refractivity contribution in [2.75, 3.05) is 14.2 Å². The van der Waals surface area contributed by atoms with E-state index in [-0.39, 0.29) is 52.5 Å².